The van der Waals surface area contributed by atoms with Crippen molar-refractivity contribution in [2.24, 2.45) is 0 Å². The number of nitrogens with zero attached hydrogens (tertiary/aromatic N) is 2. The molecule has 0 amide bonds. The fourth-order valence-electron chi connectivity index (χ4n) is 3.32. The van der Waals surface area contributed by atoms with Crippen molar-refractivity contribution < 1.29 is 5.11 Å². The van der Waals surface area contributed by atoms with Gasteiger partial charge in [-0.1, -0.05) is 23.7 Å². The number of hydrogen-bond donors (Lipinski definition) is 3. The molecule has 0 aliphatic rings. The van der Waals surface area contributed by atoms with Crippen LogP contribution in [-0.4, -0.2) is 25.0 Å². The Balaban J connectivity index is 1.68. The number of aromatic amines is 2. The van der Waals surface area contributed by atoms with Crippen LogP contribution < -0.4 is 0 Å². The molecule has 138 valence electrons. The van der Waals surface area contributed by atoms with Crippen LogP contribution in [0.2, 0.25) is 5.02 Å². The van der Waals surface area contributed by atoms with Crippen LogP contribution in [0.5, 0.6) is 0 Å². The molecular weight excluding hydrogens is 392 g/mol. The predicted molar refractivity (Wildman–Crippen MR) is 113 cm³/mol. The van der Waals surface area contributed by atoms with E-state index in [2.05, 4.69) is 19.9 Å². The summed E-state index contributed by atoms with van der Waals surface area (Å²) >= 11 is 7.59. The van der Waals surface area contributed by atoms with Crippen molar-refractivity contribution in [2.45, 2.75) is 6.10 Å². The summed E-state index contributed by atoms with van der Waals surface area (Å²) in [7, 11) is 0. The minimum Gasteiger partial charge on any atom is -0.384 e. The van der Waals surface area contributed by atoms with Gasteiger partial charge in [-0.05, 0) is 35.9 Å². The first-order valence-corrected chi connectivity index (χ1v) is 9.89. The number of halogens is 1. The third-order valence-electron chi connectivity index (χ3n) is 4.68. The molecule has 0 bridgehead atoms. The maximum Gasteiger partial charge on any atom is 0.147 e. The number of pyridine rings is 1. The largest absolute Gasteiger partial charge is 0.384 e. The summed E-state index contributed by atoms with van der Waals surface area (Å²) in [5.41, 5.74) is 3.49. The quantitative estimate of drug-likeness (QED) is 0.373. The van der Waals surface area contributed by atoms with Gasteiger partial charge in [-0.2, -0.15) is 0 Å². The predicted octanol–water partition coefficient (Wildman–Crippen LogP) is 5.42. The molecule has 0 radical (unpaired) electrons. The smallest absolute Gasteiger partial charge is 0.147 e. The highest BCUT2D eigenvalue weighted by Crippen LogP contribution is 2.42. The Bertz CT molecular complexity index is 1240. The van der Waals surface area contributed by atoms with Crippen molar-refractivity contribution in [2.75, 3.05) is 0 Å². The lowest BCUT2D eigenvalue weighted by atomic mass is 10.0. The molecule has 5 nitrogen and oxygen atoms in total. The molecule has 7 heteroatoms. The number of benzene rings is 1. The van der Waals surface area contributed by atoms with Crippen molar-refractivity contribution in [3.63, 3.8) is 0 Å². The number of nitrogens with one attached hydrogen (secondary N) is 2. The molecule has 5 rings (SSSR count). The van der Waals surface area contributed by atoms with Gasteiger partial charge in [0.2, 0.25) is 0 Å². The van der Waals surface area contributed by atoms with Crippen molar-refractivity contribution in [1.29, 1.82) is 0 Å². The average Bonchev–Trinajstić information content (AvgIpc) is 3.47. The van der Waals surface area contributed by atoms with Crippen LogP contribution in [0.1, 0.15) is 17.2 Å². The summed E-state index contributed by atoms with van der Waals surface area (Å²) in [5.74, 6) is 0.735. The summed E-state index contributed by atoms with van der Waals surface area (Å²) in [6.45, 7) is 0. The molecule has 1 atom stereocenters. The van der Waals surface area contributed by atoms with E-state index in [0.29, 0.717) is 5.02 Å². The van der Waals surface area contributed by atoms with E-state index in [1.54, 1.807) is 42.1 Å². The molecule has 5 aromatic rings. The summed E-state index contributed by atoms with van der Waals surface area (Å²) in [5, 5.41) is 12.8. The Kier molecular flexibility index (Phi) is 4.24. The van der Waals surface area contributed by atoms with Crippen molar-refractivity contribution in [1.82, 2.24) is 19.9 Å². The van der Waals surface area contributed by atoms with Gasteiger partial charge in [-0.25, -0.2) is 9.97 Å². The fourth-order valence-corrected chi connectivity index (χ4v) is 4.63. The van der Waals surface area contributed by atoms with Crippen molar-refractivity contribution >= 4 is 34.0 Å². The Morgan fingerprint density at radius 2 is 1.82 bits per heavy atom. The van der Waals surface area contributed by atoms with E-state index in [1.165, 1.54) is 0 Å². The summed E-state index contributed by atoms with van der Waals surface area (Å²) in [6, 6.07) is 13.3. The van der Waals surface area contributed by atoms with Gasteiger partial charge in [-0.15, -0.1) is 11.3 Å². The molecular formula is C21H15ClN4OS. The van der Waals surface area contributed by atoms with E-state index in [9.17, 15) is 5.11 Å². The number of thiophene rings is 1. The van der Waals surface area contributed by atoms with Gasteiger partial charge in [0.25, 0.3) is 0 Å². The number of H-pyrrole nitrogens is 2. The lowest BCUT2D eigenvalue weighted by Crippen LogP contribution is -1.99. The third kappa shape index (κ3) is 2.92. The van der Waals surface area contributed by atoms with Gasteiger partial charge in [0.15, 0.2) is 0 Å². The van der Waals surface area contributed by atoms with E-state index >= 15 is 0 Å². The second-order valence-corrected chi connectivity index (χ2v) is 7.87. The van der Waals surface area contributed by atoms with Gasteiger partial charge in [0.1, 0.15) is 17.6 Å². The highest BCUT2D eigenvalue weighted by atomic mass is 35.5. The first-order chi connectivity index (χ1) is 13.7. The molecule has 0 saturated heterocycles. The molecule has 3 N–H and O–H groups in total. The van der Waals surface area contributed by atoms with E-state index in [0.717, 1.165) is 43.3 Å². The van der Waals surface area contributed by atoms with Crippen LogP contribution in [-0.2, 0) is 0 Å². The summed E-state index contributed by atoms with van der Waals surface area (Å²) in [6.07, 6.45) is 6.38. The Morgan fingerprint density at radius 1 is 0.964 bits per heavy atom. The first kappa shape index (κ1) is 17.2. The second-order valence-electron chi connectivity index (χ2n) is 6.39. The zero-order valence-corrected chi connectivity index (χ0v) is 16.1. The Labute approximate surface area is 169 Å². The van der Waals surface area contributed by atoms with Crippen LogP contribution in [0.25, 0.3) is 32.2 Å². The van der Waals surface area contributed by atoms with E-state index < -0.39 is 6.10 Å². The highest BCUT2D eigenvalue weighted by Gasteiger charge is 2.22. The fraction of sp³-hybridized carbons (Fsp3) is 0.0476. The lowest BCUT2D eigenvalue weighted by molar-refractivity contribution is 0.221. The minimum atomic E-state index is -0.786. The summed E-state index contributed by atoms with van der Waals surface area (Å²) < 4.78 is 0. The van der Waals surface area contributed by atoms with Crippen LogP contribution in [0.4, 0.5) is 0 Å². The molecule has 0 aliphatic heterocycles. The maximum atomic E-state index is 11.1. The number of hydrogen-bond acceptors (Lipinski definition) is 4. The lowest BCUT2D eigenvalue weighted by Gasteiger charge is -2.11. The molecule has 1 aromatic carbocycles. The van der Waals surface area contributed by atoms with Crippen LogP contribution in [0.3, 0.4) is 0 Å². The molecule has 0 spiro atoms. The van der Waals surface area contributed by atoms with Gasteiger partial charge < -0.3 is 15.1 Å². The van der Waals surface area contributed by atoms with Crippen LogP contribution >= 0.6 is 22.9 Å². The average molecular weight is 407 g/mol. The normalized spacial score (nSPS) is 12.5. The van der Waals surface area contributed by atoms with Crippen LogP contribution in [0, 0.1) is 0 Å². The monoisotopic (exact) mass is 406 g/mol. The Morgan fingerprint density at radius 3 is 2.61 bits per heavy atom. The molecule has 4 aromatic heterocycles. The van der Waals surface area contributed by atoms with Crippen LogP contribution in [0.15, 0.2) is 67.3 Å². The zero-order chi connectivity index (χ0) is 19.1. The zero-order valence-electron chi connectivity index (χ0n) is 14.6. The summed E-state index contributed by atoms with van der Waals surface area (Å²) in [4.78, 5) is 17.0. The van der Waals surface area contributed by atoms with E-state index in [1.807, 2.05) is 36.5 Å². The number of aliphatic hydroxyl groups is 1. The van der Waals surface area contributed by atoms with Gasteiger partial charge in [0, 0.05) is 51.2 Å². The van der Waals surface area contributed by atoms with Gasteiger partial charge in [0.05, 0.1) is 4.88 Å². The third-order valence-corrected chi connectivity index (χ3v) is 6.12. The molecule has 1 unspecified atom stereocenters. The highest BCUT2D eigenvalue weighted by molar-refractivity contribution is 7.19. The van der Waals surface area contributed by atoms with Gasteiger partial charge >= 0.3 is 0 Å². The number of rotatable bonds is 4. The van der Waals surface area contributed by atoms with Crippen molar-refractivity contribution in [3.8, 4) is 21.1 Å². The van der Waals surface area contributed by atoms with E-state index in [-0.39, 0.29) is 0 Å². The first-order valence-electron chi connectivity index (χ1n) is 8.70. The second kappa shape index (κ2) is 6.91. The molecule has 0 aliphatic carbocycles. The minimum absolute atomic E-state index is 0.639. The topological polar surface area (TPSA) is 77.6 Å². The Hall–Kier alpha value is -2.93. The van der Waals surface area contributed by atoms with Gasteiger partial charge in [-0.3, -0.25) is 0 Å². The molecule has 28 heavy (non-hydrogen) atoms. The maximum absolute atomic E-state index is 11.1. The molecule has 0 saturated carbocycles. The number of aromatic nitrogens is 4. The molecule has 4 heterocycles. The standard InChI is InChI=1S/C21H15ClN4OS/c22-13-3-1-12(2-4-13)18(27)16-11-17(28-19(16)21-25-9-10-26-21)14-5-7-23-20-15(14)6-8-24-20/h1-11,18,27H,(H,23,24)(H,25,26). The number of aliphatic hydroxyl groups excluding tert-OH is 1. The number of fused-ring (bicyclic) bond motifs is 1. The van der Waals surface area contributed by atoms with Crippen molar-refractivity contribution in [3.05, 3.63) is 83.4 Å². The van der Waals surface area contributed by atoms with E-state index in [4.69, 9.17) is 11.6 Å². The molecule has 0 fully saturated rings. The SMILES string of the molecule is OC(c1ccc(Cl)cc1)c1cc(-c2ccnc3[nH]ccc23)sc1-c1ncc[nH]1. The number of imidazole rings is 1.